The first-order valence-electron chi connectivity index (χ1n) is 6.12. The van der Waals surface area contributed by atoms with Crippen molar-refractivity contribution in [2.45, 2.75) is 29.6 Å². The van der Waals surface area contributed by atoms with Crippen molar-refractivity contribution >= 4 is 25.8 Å². The topological polar surface area (TPSA) is 69.4 Å². The molecule has 0 aliphatic heterocycles. The molecule has 2 rings (SSSR count). The molecule has 0 aromatic heterocycles. The Labute approximate surface area is 122 Å². The highest BCUT2D eigenvalue weighted by Crippen LogP contribution is 2.46. The first kappa shape index (κ1) is 14.8. The van der Waals surface area contributed by atoms with Gasteiger partial charge in [-0.15, -0.1) is 0 Å². The number of halogens is 1. The van der Waals surface area contributed by atoms with Gasteiger partial charge in [0.2, 0.25) is 0 Å². The van der Waals surface area contributed by atoms with Gasteiger partial charge >= 0.3 is 0 Å². The third-order valence-corrected chi connectivity index (χ3v) is 5.62. The molecule has 0 heterocycles. The summed E-state index contributed by atoms with van der Waals surface area (Å²) < 4.78 is 29.7. The van der Waals surface area contributed by atoms with Gasteiger partial charge in [-0.2, -0.15) is 0 Å². The Morgan fingerprint density at radius 2 is 2.05 bits per heavy atom. The molecule has 106 valence electrons. The molecular formula is C13H18BrNO3S. The molecule has 2 N–H and O–H groups in total. The smallest absolute Gasteiger partial charge is 0.179 e. The Morgan fingerprint density at radius 1 is 1.42 bits per heavy atom. The molecular weight excluding hydrogens is 330 g/mol. The second-order valence-corrected chi connectivity index (χ2v) is 7.94. The van der Waals surface area contributed by atoms with Gasteiger partial charge in [0.1, 0.15) is 4.90 Å². The molecule has 4 nitrogen and oxygen atoms in total. The molecule has 19 heavy (non-hydrogen) atoms. The minimum atomic E-state index is -3.34. The Balaban J connectivity index is 2.64. The molecule has 0 spiro atoms. The van der Waals surface area contributed by atoms with E-state index in [9.17, 15) is 8.42 Å². The number of nitrogens with two attached hydrogens (primary N) is 1. The second kappa shape index (κ2) is 5.07. The van der Waals surface area contributed by atoms with E-state index >= 15 is 0 Å². The number of methoxy groups -OCH3 is 1. The normalized spacial score (nSPS) is 17.9. The van der Waals surface area contributed by atoms with Crippen molar-refractivity contribution in [2.75, 3.05) is 19.9 Å². The van der Waals surface area contributed by atoms with Crippen LogP contribution in [0.25, 0.3) is 0 Å². The maximum Gasteiger partial charge on any atom is 0.179 e. The van der Waals surface area contributed by atoms with Crippen LogP contribution in [0.1, 0.15) is 24.8 Å². The molecule has 1 aromatic rings. The maximum absolute atomic E-state index is 11.9. The van der Waals surface area contributed by atoms with Crippen LogP contribution in [0.3, 0.4) is 0 Å². The summed E-state index contributed by atoms with van der Waals surface area (Å²) in [4.78, 5) is 0.221. The van der Waals surface area contributed by atoms with E-state index in [-0.39, 0.29) is 10.3 Å². The lowest BCUT2D eigenvalue weighted by molar-refractivity contribution is 0.252. The molecule has 1 saturated carbocycles. The first-order chi connectivity index (χ1) is 8.84. The average molecular weight is 348 g/mol. The molecule has 1 aliphatic rings. The van der Waals surface area contributed by atoms with Crippen LogP contribution in [0.5, 0.6) is 5.75 Å². The fourth-order valence-corrected chi connectivity index (χ4v) is 4.19. The van der Waals surface area contributed by atoms with Gasteiger partial charge in [-0.05, 0) is 46.5 Å². The molecule has 1 fully saturated rings. The molecule has 0 bridgehead atoms. The predicted molar refractivity (Wildman–Crippen MR) is 78.4 cm³/mol. The van der Waals surface area contributed by atoms with Crippen LogP contribution in [0.4, 0.5) is 0 Å². The zero-order valence-corrected chi connectivity index (χ0v) is 13.5. The van der Waals surface area contributed by atoms with E-state index in [0.29, 0.717) is 16.8 Å². The summed E-state index contributed by atoms with van der Waals surface area (Å²) in [5, 5.41) is 0. The molecule has 0 amide bonds. The van der Waals surface area contributed by atoms with Crippen LogP contribution >= 0.6 is 15.9 Å². The van der Waals surface area contributed by atoms with Crippen molar-refractivity contribution in [2.24, 2.45) is 5.73 Å². The highest BCUT2D eigenvalue weighted by Gasteiger charge is 2.38. The average Bonchev–Trinajstić information content (AvgIpc) is 2.26. The van der Waals surface area contributed by atoms with Crippen molar-refractivity contribution in [1.82, 2.24) is 0 Å². The van der Waals surface area contributed by atoms with Crippen molar-refractivity contribution in [3.8, 4) is 5.75 Å². The van der Waals surface area contributed by atoms with Crippen LogP contribution in [-0.4, -0.2) is 28.3 Å². The lowest BCUT2D eigenvalue weighted by atomic mass is 9.64. The van der Waals surface area contributed by atoms with Crippen LogP contribution in [0.2, 0.25) is 0 Å². The van der Waals surface area contributed by atoms with E-state index in [1.165, 1.54) is 13.4 Å². The largest absolute Gasteiger partial charge is 0.494 e. The van der Waals surface area contributed by atoms with Crippen LogP contribution in [-0.2, 0) is 15.3 Å². The molecule has 6 heteroatoms. The van der Waals surface area contributed by atoms with Crippen LogP contribution in [0, 0.1) is 0 Å². The van der Waals surface area contributed by atoms with Gasteiger partial charge in [-0.3, -0.25) is 0 Å². The van der Waals surface area contributed by atoms with Crippen LogP contribution in [0.15, 0.2) is 21.5 Å². The molecule has 0 saturated heterocycles. The summed E-state index contributed by atoms with van der Waals surface area (Å²) >= 11 is 3.40. The standard InChI is InChI=1S/C13H18BrNO3S/c1-18-12-10(14)6-9(7-11(12)19(2,16)17)13(8-15)4-3-5-13/h6-7H,3-5,8,15H2,1-2H3. The second-order valence-electron chi connectivity index (χ2n) is 5.10. The number of hydrogen-bond acceptors (Lipinski definition) is 4. The number of hydrogen-bond donors (Lipinski definition) is 1. The van der Waals surface area contributed by atoms with Gasteiger partial charge in [0.25, 0.3) is 0 Å². The third kappa shape index (κ3) is 2.53. The lowest BCUT2D eigenvalue weighted by Crippen LogP contribution is -2.41. The van der Waals surface area contributed by atoms with E-state index in [1.807, 2.05) is 6.07 Å². The lowest BCUT2D eigenvalue weighted by Gasteiger charge is -2.42. The van der Waals surface area contributed by atoms with Crippen molar-refractivity contribution in [3.63, 3.8) is 0 Å². The van der Waals surface area contributed by atoms with Crippen LogP contribution < -0.4 is 10.5 Å². The van der Waals surface area contributed by atoms with E-state index < -0.39 is 9.84 Å². The van der Waals surface area contributed by atoms with Gasteiger partial charge in [0.05, 0.1) is 11.6 Å². The summed E-state index contributed by atoms with van der Waals surface area (Å²) in [5.74, 6) is 0.359. The Bertz CT molecular complexity index is 589. The maximum atomic E-state index is 11.9. The number of ether oxygens (including phenoxy) is 1. The van der Waals surface area contributed by atoms with E-state index in [1.54, 1.807) is 6.07 Å². The van der Waals surface area contributed by atoms with Crippen molar-refractivity contribution in [1.29, 1.82) is 0 Å². The zero-order valence-electron chi connectivity index (χ0n) is 11.1. The third-order valence-electron chi connectivity index (χ3n) is 3.93. The molecule has 0 radical (unpaired) electrons. The fourth-order valence-electron chi connectivity index (χ4n) is 2.56. The Hall–Kier alpha value is -0.590. The highest BCUT2D eigenvalue weighted by atomic mass is 79.9. The summed E-state index contributed by atoms with van der Waals surface area (Å²) in [7, 11) is -1.87. The van der Waals surface area contributed by atoms with E-state index in [0.717, 1.165) is 24.8 Å². The Kier molecular flexibility index (Phi) is 3.95. The van der Waals surface area contributed by atoms with Gasteiger partial charge in [-0.1, -0.05) is 6.42 Å². The van der Waals surface area contributed by atoms with Gasteiger partial charge in [0, 0.05) is 18.2 Å². The van der Waals surface area contributed by atoms with Gasteiger partial charge in [0.15, 0.2) is 15.6 Å². The van der Waals surface area contributed by atoms with Crippen molar-refractivity contribution < 1.29 is 13.2 Å². The fraction of sp³-hybridized carbons (Fsp3) is 0.538. The summed E-state index contributed by atoms with van der Waals surface area (Å²) in [5.41, 5.74) is 6.79. The zero-order chi connectivity index (χ0) is 14.3. The van der Waals surface area contributed by atoms with E-state index in [4.69, 9.17) is 10.5 Å². The minimum Gasteiger partial charge on any atom is -0.494 e. The SMILES string of the molecule is COc1c(Br)cc(C2(CN)CCC2)cc1S(C)(=O)=O. The highest BCUT2D eigenvalue weighted by molar-refractivity contribution is 9.10. The summed E-state index contributed by atoms with van der Waals surface area (Å²) in [6.07, 6.45) is 4.34. The molecule has 1 aromatic carbocycles. The number of rotatable bonds is 4. The van der Waals surface area contributed by atoms with Crippen molar-refractivity contribution in [3.05, 3.63) is 22.2 Å². The summed E-state index contributed by atoms with van der Waals surface area (Å²) in [6.45, 7) is 0.537. The molecule has 0 atom stereocenters. The molecule has 1 aliphatic carbocycles. The van der Waals surface area contributed by atoms with E-state index in [2.05, 4.69) is 15.9 Å². The minimum absolute atomic E-state index is 0.0752. The first-order valence-corrected chi connectivity index (χ1v) is 8.81. The number of sulfone groups is 1. The number of benzene rings is 1. The predicted octanol–water partition coefficient (Wildman–Crippen LogP) is 2.24. The molecule has 0 unspecified atom stereocenters. The summed E-state index contributed by atoms with van der Waals surface area (Å²) in [6, 6.07) is 3.64. The quantitative estimate of drug-likeness (QED) is 0.906. The van der Waals surface area contributed by atoms with Gasteiger partial charge < -0.3 is 10.5 Å². The van der Waals surface area contributed by atoms with Gasteiger partial charge in [-0.25, -0.2) is 8.42 Å². The Morgan fingerprint density at radius 3 is 2.42 bits per heavy atom. The monoisotopic (exact) mass is 347 g/mol.